The number of hydrogen-bond acceptors (Lipinski definition) is 4. The van der Waals surface area contributed by atoms with Crippen LogP contribution in [0.2, 0.25) is 0 Å². The molecule has 0 aromatic heterocycles. The van der Waals surface area contributed by atoms with Crippen molar-refractivity contribution in [1.29, 1.82) is 0 Å². The lowest BCUT2D eigenvalue weighted by Crippen LogP contribution is -2.54. The van der Waals surface area contributed by atoms with Crippen LogP contribution in [0.5, 0.6) is 5.75 Å². The molecule has 0 spiro atoms. The van der Waals surface area contributed by atoms with Crippen LogP contribution in [-0.4, -0.2) is 31.8 Å². The fourth-order valence-corrected chi connectivity index (χ4v) is 2.42. The topological polar surface area (TPSA) is 47.6 Å². The summed E-state index contributed by atoms with van der Waals surface area (Å²) in [5, 5.41) is 3.22. The fourth-order valence-electron chi connectivity index (χ4n) is 2.42. The van der Waals surface area contributed by atoms with Gasteiger partial charge < -0.3 is 9.47 Å². The zero-order chi connectivity index (χ0) is 16.0. The van der Waals surface area contributed by atoms with E-state index in [9.17, 15) is 4.79 Å². The standard InChI is InChI=1S/C17H27NO3/c1-7-8-18-17(5,16(19)20-6)11-21-15-13(3)9-12(2)10-14(15)4/h9-10,18H,7-8,11H2,1-6H3. The van der Waals surface area contributed by atoms with Gasteiger partial charge in [0.25, 0.3) is 0 Å². The maximum Gasteiger partial charge on any atom is 0.329 e. The Morgan fingerprint density at radius 1 is 1.24 bits per heavy atom. The van der Waals surface area contributed by atoms with Crippen molar-refractivity contribution in [3.05, 3.63) is 28.8 Å². The first-order chi connectivity index (χ1) is 9.84. The average Bonchev–Trinajstić information content (AvgIpc) is 2.43. The molecule has 0 heterocycles. The van der Waals surface area contributed by atoms with Gasteiger partial charge in [-0.1, -0.05) is 24.6 Å². The van der Waals surface area contributed by atoms with E-state index in [1.54, 1.807) is 0 Å². The molecule has 1 aromatic carbocycles. The zero-order valence-corrected chi connectivity index (χ0v) is 14.0. The second kappa shape index (κ2) is 7.46. The maximum absolute atomic E-state index is 12.0. The van der Waals surface area contributed by atoms with Gasteiger partial charge in [-0.15, -0.1) is 0 Å². The second-order valence-corrected chi connectivity index (χ2v) is 5.77. The highest BCUT2D eigenvalue weighted by Crippen LogP contribution is 2.25. The third kappa shape index (κ3) is 4.46. The molecule has 1 aromatic rings. The van der Waals surface area contributed by atoms with E-state index in [2.05, 4.69) is 31.3 Å². The van der Waals surface area contributed by atoms with Crippen molar-refractivity contribution < 1.29 is 14.3 Å². The number of carbonyl (C=O) groups excluding carboxylic acids is 1. The van der Waals surface area contributed by atoms with Gasteiger partial charge in [-0.25, -0.2) is 4.79 Å². The number of hydrogen-bond donors (Lipinski definition) is 1. The Balaban J connectivity index is 2.89. The molecule has 0 aliphatic heterocycles. The summed E-state index contributed by atoms with van der Waals surface area (Å²) < 4.78 is 10.8. The molecule has 0 amide bonds. The van der Waals surface area contributed by atoms with E-state index in [1.807, 2.05) is 20.8 Å². The molecule has 0 saturated heterocycles. The predicted octanol–water partition coefficient (Wildman–Crippen LogP) is 2.92. The summed E-state index contributed by atoms with van der Waals surface area (Å²) in [6.07, 6.45) is 0.940. The molecule has 0 saturated carbocycles. The molecular formula is C17H27NO3. The van der Waals surface area contributed by atoms with Gasteiger partial charge in [0.15, 0.2) is 0 Å². The predicted molar refractivity (Wildman–Crippen MR) is 84.9 cm³/mol. The van der Waals surface area contributed by atoms with Gasteiger partial charge in [0.2, 0.25) is 0 Å². The van der Waals surface area contributed by atoms with Crippen molar-refractivity contribution >= 4 is 5.97 Å². The van der Waals surface area contributed by atoms with Gasteiger partial charge >= 0.3 is 5.97 Å². The third-order valence-electron chi connectivity index (χ3n) is 3.51. The first kappa shape index (κ1) is 17.5. The van der Waals surface area contributed by atoms with E-state index in [0.717, 1.165) is 29.8 Å². The molecule has 21 heavy (non-hydrogen) atoms. The van der Waals surface area contributed by atoms with E-state index in [-0.39, 0.29) is 12.6 Å². The summed E-state index contributed by atoms with van der Waals surface area (Å²) in [4.78, 5) is 12.0. The minimum Gasteiger partial charge on any atom is -0.490 e. The van der Waals surface area contributed by atoms with Crippen LogP contribution >= 0.6 is 0 Å². The van der Waals surface area contributed by atoms with Gasteiger partial charge in [-0.05, 0) is 51.8 Å². The normalized spacial score (nSPS) is 13.6. The Hall–Kier alpha value is -1.55. The first-order valence-corrected chi connectivity index (χ1v) is 7.38. The molecule has 0 fully saturated rings. The van der Waals surface area contributed by atoms with Gasteiger partial charge in [0.05, 0.1) is 7.11 Å². The van der Waals surface area contributed by atoms with Crippen molar-refractivity contribution in [3.63, 3.8) is 0 Å². The molecule has 1 atom stereocenters. The van der Waals surface area contributed by atoms with E-state index < -0.39 is 5.54 Å². The highest BCUT2D eigenvalue weighted by atomic mass is 16.5. The summed E-state index contributed by atoms with van der Waals surface area (Å²) in [5.74, 6) is 0.535. The van der Waals surface area contributed by atoms with Gasteiger partial charge in [-0.3, -0.25) is 5.32 Å². The molecule has 4 nitrogen and oxygen atoms in total. The summed E-state index contributed by atoms with van der Waals surface area (Å²) in [7, 11) is 1.40. The van der Waals surface area contributed by atoms with Gasteiger partial charge in [-0.2, -0.15) is 0 Å². The number of methoxy groups -OCH3 is 1. The number of benzene rings is 1. The molecule has 1 N–H and O–H groups in total. The quantitative estimate of drug-likeness (QED) is 0.785. The molecule has 0 radical (unpaired) electrons. The number of esters is 1. The van der Waals surface area contributed by atoms with Crippen molar-refractivity contribution in [2.24, 2.45) is 0 Å². The number of nitrogens with one attached hydrogen (secondary N) is 1. The molecule has 1 unspecified atom stereocenters. The van der Waals surface area contributed by atoms with Gasteiger partial charge in [0, 0.05) is 0 Å². The number of aryl methyl sites for hydroxylation is 3. The molecule has 0 bridgehead atoms. The summed E-state index contributed by atoms with van der Waals surface area (Å²) in [6.45, 7) is 10.9. The van der Waals surface area contributed by atoms with E-state index in [1.165, 1.54) is 12.7 Å². The molecule has 0 aliphatic carbocycles. The molecular weight excluding hydrogens is 266 g/mol. The zero-order valence-electron chi connectivity index (χ0n) is 14.0. The van der Waals surface area contributed by atoms with E-state index in [4.69, 9.17) is 9.47 Å². The van der Waals surface area contributed by atoms with Crippen LogP contribution in [0.4, 0.5) is 0 Å². The lowest BCUT2D eigenvalue weighted by molar-refractivity contribution is -0.149. The smallest absolute Gasteiger partial charge is 0.329 e. The highest BCUT2D eigenvalue weighted by Gasteiger charge is 2.35. The average molecular weight is 293 g/mol. The summed E-state index contributed by atoms with van der Waals surface area (Å²) >= 11 is 0. The third-order valence-corrected chi connectivity index (χ3v) is 3.51. The van der Waals surface area contributed by atoms with Crippen molar-refractivity contribution in [2.45, 2.75) is 46.6 Å². The Kier molecular flexibility index (Phi) is 6.21. The largest absolute Gasteiger partial charge is 0.490 e. The fraction of sp³-hybridized carbons (Fsp3) is 0.588. The second-order valence-electron chi connectivity index (χ2n) is 5.77. The first-order valence-electron chi connectivity index (χ1n) is 7.38. The van der Waals surface area contributed by atoms with Crippen LogP contribution < -0.4 is 10.1 Å². The number of ether oxygens (including phenoxy) is 2. The Labute approximate surface area is 127 Å². The van der Waals surface area contributed by atoms with Crippen LogP contribution in [0.3, 0.4) is 0 Å². The van der Waals surface area contributed by atoms with Crippen molar-refractivity contribution in [2.75, 3.05) is 20.3 Å². The summed E-state index contributed by atoms with van der Waals surface area (Å²) in [5.41, 5.74) is 2.52. The number of rotatable bonds is 7. The van der Waals surface area contributed by atoms with E-state index >= 15 is 0 Å². The van der Waals surface area contributed by atoms with Crippen molar-refractivity contribution in [1.82, 2.24) is 5.32 Å². The molecule has 4 heteroatoms. The molecule has 0 aliphatic rings. The molecule has 118 valence electrons. The minimum atomic E-state index is -0.839. The summed E-state index contributed by atoms with van der Waals surface area (Å²) in [6, 6.07) is 4.16. The lowest BCUT2D eigenvalue weighted by atomic mass is 10.0. The Morgan fingerprint density at radius 3 is 2.29 bits per heavy atom. The van der Waals surface area contributed by atoms with Crippen LogP contribution in [-0.2, 0) is 9.53 Å². The van der Waals surface area contributed by atoms with Crippen molar-refractivity contribution in [3.8, 4) is 5.75 Å². The van der Waals surface area contributed by atoms with Gasteiger partial charge in [0.1, 0.15) is 17.9 Å². The maximum atomic E-state index is 12.0. The molecule has 1 rings (SSSR count). The van der Waals surface area contributed by atoms with E-state index in [0.29, 0.717) is 0 Å². The Morgan fingerprint density at radius 2 is 1.81 bits per heavy atom. The monoisotopic (exact) mass is 293 g/mol. The number of carbonyl (C=O) groups is 1. The van der Waals surface area contributed by atoms with Crippen LogP contribution in [0.15, 0.2) is 12.1 Å². The van der Waals surface area contributed by atoms with Crippen LogP contribution in [0.1, 0.15) is 37.0 Å². The highest BCUT2D eigenvalue weighted by molar-refractivity contribution is 5.80. The van der Waals surface area contributed by atoms with Crippen LogP contribution in [0, 0.1) is 20.8 Å². The lowest BCUT2D eigenvalue weighted by Gasteiger charge is -2.28. The van der Waals surface area contributed by atoms with Crippen LogP contribution in [0.25, 0.3) is 0 Å². The SMILES string of the molecule is CCCNC(C)(COc1c(C)cc(C)cc1C)C(=O)OC. The minimum absolute atomic E-state index is 0.240. The Bertz CT molecular complexity index is 476.